The van der Waals surface area contributed by atoms with Gasteiger partial charge in [-0.05, 0) is 53.6 Å². The molecule has 0 unspecified atom stereocenters. The number of benzene rings is 3. The van der Waals surface area contributed by atoms with Gasteiger partial charge in [-0.2, -0.15) is 0 Å². The van der Waals surface area contributed by atoms with Crippen LogP contribution in [0.5, 0.6) is 0 Å². The first kappa shape index (κ1) is 18.3. The number of anilines is 2. The van der Waals surface area contributed by atoms with Crippen molar-refractivity contribution < 1.29 is 4.42 Å². The molecule has 3 aromatic carbocycles. The summed E-state index contributed by atoms with van der Waals surface area (Å²) in [7, 11) is 0. The number of fused-ring (bicyclic) bond motifs is 1. The molecule has 4 aromatic rings. The normalized spacial score (nSPS) is 11.6. The lowest BCUT2D eigenvalue weighted by Gasteiger charge is -2.03. The summed E-state index contributed by atoms with van der Waals surface area (Å²) in [6.07, 6.45) is 5.43. The van der Waals surface area contributed by atoms with Crippen LogP contribution in [0.25, 0.3) is 28.2 Å². The van der Waals surface area contributed by atoms with Gasteiger partial charge in [-0.15, -0.1) is 0 Å². The largest absolute Gasteiger partial charge is 0.422 e. The van der Waals surface area contributed by atoms with Gasteiger partial charge in [0.2, 0.25) is 0 Å². The molecule has 0 radical (unpaired) electrons. The van der Waals surface area contributed by atoms with Crippen LogP contribution in [0.1, 0.15) is 5.56 Å². The number of rotatable bonds is 4. The van der Waals surface area contributed by atoms with Gasteiger partial charge < -0.3 is 15.9 Å². The molecule has 1 heterocycles. The number of hydrogen-bond acceptors (Lipinski definition) is 5. The van der Waals surface area contributed by atoms with Crippen molar-refractivity contribution in [2.75, 3.05) is 11.5 Å². The molecule has 29 heavy (non-hydrogen) atoms. The van der Waals surface area contributed by atoms with Crippen LogP contribution in [-0.2, 0) is 0 Å². The maximum Gasteiger partial charge on any atom is 0.344 e. The van der Waals surface area contributed by atoms with E-state index in [2.05, 4.69) is 4.99 Å². The Morgan fingerprint density at radius 1 is 0.862 bits per heavy atom. The maximum atomic E-state index is 12.3. The van der Waals surface area contributed by atoms with Crippen molar-refractivity contribution >= 4 is 40.3 Å². The molecule has 0 fully saturated rings. The number of nitrogens with zero attached hydrogens (tertiary/aromatic N) is 1. The molecule has 0 atom stereocenters. The predicted octanol–water partition coefficient (Wildman–Crippen LogP) is 5.04. The molecular formula is C24H19N3O2. The third-order valence-corrected chi connectivity index (χ3v) is 4.53. The Bertz CT molecular complexity index is 1290. The Morgan fingerprint density at radius 2 is 1.66 bits per heavy atom. The molecule has 1 aromatic heterocycles. The van der Waals surface area contributed by atoms with E-state index in [9.17, 15) is 4.79 Å². The van der Waals surface area contributed by atoms with Crippen LogP contribution in [0.15, 0.2) is 93.1 Å². The van der Waals surface area contributed by atoms with Crippen LogP contribution in [0.2, 0.25) is 0 Å². The summed E-state index contributed by atoms with van der Waals surface area (Å²) in [4.78, 5) is 16.7. The fourth-order valence-electron chi connectivity index (χ4n) is 2.97. The molecule has 142 valence electrons. The minimum Gasteiger partial charge on any atom is -0.422 e. The van der Waals surface area contributed by atoms with E-state index in [0.717, 1.165) is 22.2 Å². The van der Waals surface area contributed by atoms with Gasteiger partial charge in [0.1, 0.15) is 5.58 Å². The van der Waals surface area contributed by atoms with E-state index < -0.39 is 0 Å². The van der Waals surface area contributed by atoms with E-state index in [1.807, 2.05) is 72.8 Å². The average molecular weight is 381 g/mol. The molecule has 0 saturated carbocycles. The lowest BCUT2D eigenvalue weighted by Crippen LogP contribution is -2.02. The Hall–Kier alpha value is -4.12. The van der Waals surface area contributed by atoms with Crippen molar-refractivity contribution in [2.45, 2.75) is 0 Å². The van der Waals surface area contributed by atoms with Crippen molar-refractivity contribution in [3.05, 3.63) is 94.9 Å². The van der Waals surface area contributed by atoms with E-state index in [4.69, 9.17) is 15.9 Å². The smallest absolute Gasteiger partial charge is 0.344 e. The van der Waals surface area contributed by atoms with E-state index >= 15 is 0 Å². The predicted molar refractivity (Wildman–Crippen MR) is 120 cm³/mol. The molecule has 0 spiro atoms. The second kappa shape index (κ2) is 7.86. The summed E-state index contributed by atoms with van der Waals surface area (Å²) < 4.78 is 5.40. The van der Waals surface area contributed by atoms with Crippen LogP contribution in [-0.4, -0.2) is 6.21 Å². The Kier molecular flexibility index (Phi) is 4.95. The third kappa shape index (κ3) is 4.09. The van der Waals surface area contributed by atoms with Crippen molar-refractivity contribution in [1.29, 1.82) is 0 Å². The second-order valence-corrected chi connectivity index (χ2v) is 6.56. The van der Waals surface area contributed by atoms with Crippen LogP contribution < -0.4 is 17.1 Å². The highest BCUT2D eigenvalue weighted by Crippen LogP contribution is 2.23. The SMILES string of the molecule is Nc1ccc(/C=C/C=N/c2ccc(-c3cc4ccccc4oc3=O)cc2)cc1N. The highest BCUT2D eigenvalue weighted by atomic mass is 16.4. The molecule has 0 bridgehead atoms. The van der Waals surface area contributed by atoms with Crippen molar-refractivity contribution in [1.82, 2.24) is 0 Å². The molecular weight excluding hydrogens is 362 g/mol. The monoisotopic (exact) mass is 381 g/mol. The van der Waals surface area contributed by atoms with Gasteiger partial charge in [-0.3, -0.25) is 4.99 Å². The quantitative estimate of drug-likeness (QED) is 0.294. The zero-order valence-corrected chi connectivity index (χ0v) is 15.6. The zero-order valence-electron chi connectivity index (χ0n) is 15.6. The van der Waals surface area contributed by atoms with Crippen molar-refractivity contribution in [2.24, 2.45) is 4.99 Å². The molecule has 5 heteroatoms. The van der Waals surface area contributed by atoms with E-state index in [-0.39, 0.29) is 5.63 Å². The molecule has 0 aliphatic heterocycles. The van der Waals surface area contributed by atoms with Gasteiger partial charge in [-0.1, -0.05) is 42.5 Å². The number of nitrogens with two attached hydrogens (primary N) is 2. The zero-order chi connectivity index (χ0) is 20.2. The lowest BCUT2D eigenvalue weighted by molar-refractivity contribution is 0.563. The molecule has 4 rings (SSSR count). The number of aliphatic imine (C=N–C) groups is 1. The Balaban J connectivity index is 1.51. The molecule has 5 nitrogen and oxygen atoms in total. The molecule has 0 amide bonds. The highest BCUT2D eigenvalue weighted by Gasteiger charge is 2.07. The standard InChI is InChI=1S/C24H19N3O2/c25-21-12-7-16(14-22(21)26)4-3-13-27-19-10-8-17(9-11-19)20-15-18-5-1-2-6-23(18)29-24(20)28/h1-15H,25-26H2/b4-3+,27-13+. The van der Waals surface area contributed by atoms with Gasteiger partial charge in [-0.25, -0.2) is 4.79 Å². The van der Waals surface area contributed by atoms with Crippen LogP contribution in [0.3, 0.4) is 0 Å². The molecule has 4 N–H and O–H groups in total. The van der Waals surface area contributed by atoms with Gasteiger partial charge in [0.05, 0.1) is 22.6 Å². The summed E-state index contributed by atoms with van der Waals surface area (Å²) >= 11 is 0. The number of nitrogen functional groups attached to an aromatic ring is 2. The highest BCUT2D eigenvalue weighted by molar-refractivity contribution is 5.83. The fraction of sp³-hybridized carbons (Fsp3) is 0. The summed E-state index contributed by atoms with van der Waals surface area (Å²) in [5, 5.41) is 0.887. The third-order valence-electron chi connectivity index (χ3n) is 4.53. The first-order valence-electron chi connectivity index (χ1n) is 9.09. The first-order valence-corrected chi connectivity index (χ1v) is 9.09. The van der Waals surface area contributed by atoms with Gasteiger partial charge in [0.15, 0.2) is 0 Å². The summed E-state index contributed by atoms with van der Waals surface area (Å²) in [5.74, 6) is 0. The number of allylic oxidation sites excluding steroid dienone is 1. The van der Waals surface area contributed by atoms with Crippen molar-refractivity contribution in [3.63, 3.8) is 0 Å². The van der Waals surface area contributed by atoms with E-state index in [0.29, 0.717) is 22.5 Å². The Morgan fingerprint density at radius 3 is 2.45 bits per heavy atom. The average Bonchev–Trinajstić information content (AvgIpc) is 2.74. The second-order valence-electron chi connectivity index (χ2n) is 6.56. The number of hydrogen-bond donors (Lipinski definition) is 2. The van der Waals surface area contributed by atoms with Crippen LogP contribution >= 0.6 is 0 Å². The minimum absolute atomic E-state index is 0.356. The minimum atomic E-state index is -0.356. The Labute approximate surface area is 167 Å². The van der Waals surface area contributed by atoms with Crippen LogP contribution in [0.4, 0.5) is 17.1 Å². The summed E-state index contributed by atoms with van der Waals surface area (Å²) in [6, 6.07) is 22.2. The lowest BCUT2D eigenvalue weighted by atomic mass is 10.1. The molecule has 0 aliphatic carbocycles. The first-order chi connectivity index (χ1) is 14.1. The van der Waals surface area contributed by atoms with Crippen molar-refractivity contribution in [3.8, 4) is 11.1 Å². The van der Waals surface area contributed by atoms with Gasteiger partial charge in [0.25, 0.3) is 0 Å². The van der Waals surface area contributed by atoms with E-state index in [1.54, 1.807) is 18.3 Å². The molecule has 0 aliphatic rings. The molecule has 0 saturated heterocycles. The van der Waals surface area contributed by atoms with Gasteiger partial charge >= 0.3 is 5.63 Å². The summed E-state index contributed by atoms with van der Waals surface area (Å²) in [5.41, 5.74) is 15.9. The van der Waals surface area contributed by atoms with Crippen LogP contribution in [0, 0.1) is 0 Å². The fourth-order valence-corrected chi connectivity index (χ4v) is 2.97. The maximum absolute atomic E-state index is 12.3. The van der Waals surface area contributed by atoms with Gasteiger partial charge in [0, 0.05) is 11.6 Å². The topological polar surface area (TPSA) is 94.6 Å². The number of para-hydroxylation sites is 1. The summed E-state index contributed by atoms with van der Waals surface area (Å²) in [6.45, 7) is 0. The van der Waals surface area contributed by atoms with E-state index in [1.165, 1.54) is 0 Å².